The number of benzene rings is 3. The summed E-state index contributed by atoms with van der Waals surface area (Å²) in [6, 6.07) is 25.1. The second-order valence-electron chi connectivity index (χ2n) is 7.56. The predicted molar refractivity (Wildman–Crippen MR) is 121 cm³/mol. The van der Waals surface area contributed by atoms with Crippen molar-refractivity contribution in [1.29, 1.82) is 0 Å². The molecule has 0 heterocycles. The lowest BCUT2D eigenvalue weighted by molar-refractivity contribution is -0.122. The van der Waals surface area contributed by atoms with Crippen LogP contribution in [0.5, 0.6) is 5.75 Å². The Labute approximate surface area is 183 Å². The lowest BCUT2D eigenvalue weighted by Gasteiger charge is -2.18. The van der Waals surface area contributed by atoms with Gasteiger partial charge in [-0.15, -0.1) is 0 Å². The smallest absolute Gasteiger partial charge is 0.222 e. The molecule has 5 nitrogen and oxygen atoms in total. The van der Waals surface area contributed by atoms with Crippen LogP contribution in [0, 0.1) is 6.92 Å². The summed E-state index contributed by atoms with van der Waals surface area (Å²) in [6.45, 7) is 4.38. The fourth-order valence-corrected chi connectivity index (χ4v) is 3.19. The van der Waals surface area contributed by atoms with Gasteiger partial charge in [-0.1, -0.05) is 72.3 Å². The third-order valence-corrected chi connectivity index (χ3v) is 4.91. The van der Waals surface area contributed by atoms with Gasteiger partial charge in [0.2, 0.25) is 11.8 Å². The van der Waals surface area contributed by atoms with E-state index < -0.39 is 0 Å². The summed E-state index contributed by atoms with van der Waals surface area (Å²) in [4.78, 5) is 24.1. The average molecular weight is 417 g/mol. The van der Waals surface area contributed by atoms with Gasteiger partial charge in [-0.25, -0.2) is 0 Å². The van der Waals surface area contributed by atoms with E-state index in [1.54, 1.807) is 0 Å². The molecule has 0 fully saturated rings. The first kappa shape index (κ1) is 22.1. The third kappa shape index (κ3) is 7.30. The summed E-state index contributed by atoms with van der Waals surface area (Å²) >= 11 is 0. The summed E-state index contributed by atoms with van der Waals surface area (Å²) < 4.78 is 5.75. The second-order valence-corrected chi connectivity index (χ2v) is 7.56. The van der Waals surface area contributed by atoms with E-state index in [1.165, 1.54) is 6.92 Å². The van der Waals surface area contributed by atoms with E-state index >= 15 is 0 Å². The van der Waals surface area contributed by atoms with E-state index in [0.29, 0.717) is 13.2 Å². The van der Waals surface area contributed by atoms with E-state index in [0.717, 1.165) is 28.0 Å². The minimum atomic E-state index is -0.351. The van der Waals surface area contributed by atoms with Crippen molar-refractivity contribution in [2.75, 3.05) is 0 Å². The molecule has 1 atom stereocenters. The molecule has 31 heavy (non-hydrogen) atoms. The van der Waals surface area contributed by atoms with Crippen molar-refractivity contribution in [3.05, 3.63) is 101 Å². The Kier molecular flexibility index (Phi) is 7.82. The minimum absolute atomic E-state index is 0.115. The third-order valence-electron chi connectivity index (χ3n) is 4.91. The maximum Gasteiger partial charge on any atom is 0.222 e. The van der Waals surface area contributed by atoms with Crippen LogP contribution in [0.15, 0.2) is 78.9 Å². The normalized spacial score (nSPS) is 11.4. The molecule has 160 valence electrons. The Morgan fingerprint density at radius 1 is 0.871 bits per heavy atom. The molecule has 0 aliphatic carbocycles. The fraction of sp³-hybridized carbons (Fsp3) is 0.231. The van der Waals surface area contributed by atoms with E-state index in [2.05, 4.69) is 10.6 Å². The number of aryl methyl sites for hydroxylation is 1. The Bertz CT molecular complexity index is 983. The molecule has 0 saturated heterocycles. The Balaban J connectivity index is 1.50. The van der Waals surface area contributed by atoms with Gasteiger partial charge in [0.15, 0.2) is 0 Å². The molecule has 0 aromatic heterocycles. The molecule has 3 aromatic rings. The second kappa shape index (κ2) is 11.0. The number of ether oxygens (including phenoxy) is 1. The summed E-state index contributed by atoms with van der Waals surface area (Å²) in [6.07, 6.45) is 0.186. The van der Waals surface area contributed by atoms with Crippen LogP contribution in [-0.2, 0) is 22.7 Å². The molecule has 0 bridgehead atoms. The van der Waals surface area contributed by atoms with Crippen molar-refractivity contribution < 1.29 is 14.3 Å². The molecular formula is C26H28N2O3. The van der Waals surface area contributed by atoms with Gasteiger partial charge in [-0.3, -0.25) is 9.59 Å². The van der Waals surface area contributed by atoms with Crippen LogP contribution in [-0.4, -0.2) is 11.8 Å². The summed E-state index contributed by atoms with van der Waals surface area (Å²) in [5, 5.41) is 5.81. The van der Waals surface area contributed by atoms with E-state index in [4.69, 9.17) is 4.74 Å². The molecule has 0 spiro atoms. The van der Waals surface area contributed by atoms with Gasteiger partial charge in [0.1, 0.15) is 12.4 Å². The first-order valence-corrected chi connectivity index (χ1v) is 10.4. The summed E-state index contributed by atoms with van der Waals surface area (Å²) in [5.74, 6) is 0.559. The average Bonchev–Trinajstić information content (AvgIpc) is 2.77. The molecule has 0 aliphatic heterocycles. The topological polar surface area (TPSA) is 67.4 Å². The number of carbonyl (C=O) groups excluding carboxylic acids is 2. The molecular weight excluding hydrogens is 388 g/mol. The lowest BCUT2D eigenvalue weighted by Crippen LogP contribution is -2.32. The first-order chi connectivity index (χ1) is 15.0. The molecule has 2 amide bonds. The van der Waals surface area contributed by atoms with Crippen molar-refractivity contribution in [3.63, 3.8) is 0 Å². The van der Waals surface area contributed by atoms with Crippen molar-refractivity contribution in [3.8, 4) is 5.75 Å². The lowest BCUT2D eigenvalue weighted by atomic mass is 10.0. The van der Waals surface area contributed by atoms with Crippen molar-refractivity contribution in [2.45, 2.75) is 39.5 Å². The largest absolute Gasteiger partial charge is 0.489 e. The zero-order valence-electron chi connectivity index (χ0n) is 17.9. The zero-order chi connectivity index (χ0) is 22.1. The Morgan fingerprint density at radius 2 is 1.52 bits per heavy atom. The van der Waals surface area contributed by atoms with Gasteiger partial charge in [0.05, 0.1) is 12.5 Å². The predicted octanol–water partition coefficient (Wildman–Crippen LogP) is 4.46. The highest BCUT2D eigenvalue weighted by Gasteiger charge is 2.17. The van der Waals surface area contributed by atoms with Crippen LogP contribution in [0.2, 0.25) is 0 Å². The Hall–Kier alpha value is -3.60. The number of rotatable bonds is 9. The number of amides is 2. The maximum atomic E-state index is 12.5. The van der Waals surface area contributed by atoms with Crippen LogP contribution in [0.1, 0.15) is 41.6 Å². The molecule has 0 aliphatic rings. The minimum Gasteiger partial charge on any atom is -0.489 e. The molecule has 5 heteroatoms. The van der Waals surface area contributed by atoms with E-state index in [9.17, 15) is 9.59 Å². The number of carbonyl (C=O) groups is 2. The van der Waals surface area contributed by atoms with Crippen LogP contribution >= 0.6 is 0 Å². The van der Waals surface area contributed by atoms with Crippen molar-refractivity contribution >= 4 is 11.8 Å². The molecule has 2 N–H and O–H groups in total. The molecule has 3 rings (SSSR count). The van der Waals surface area contributed by atoms with Crippen LogP contribution in [0.4, 0.5) is 0 Å². The molecule has 3 aromatic carbocycles. The highest BCUT2D eigenvalue weighted by atomic mass is 16.5. The zero-order valence-corrected chi connectivity index (χ0v) is 17.9. The fourth-order valence-electron chi connectivity index (χ4n) is 3.19. The maximum absolute atomic E-state index is 12.5. The molecule has 0 radical (unpaired) electrons. The molecule has 0 saturated carbocycles. The summed E-state index contributed by atoms with van der Waals surface area (Å²) in [5.41, 5.74) is 4.11. The van der Waals surface area contributed by atoms with Gasteiger partial charge in [0.25, 0.3) is 0 Å². The van der Waals surface area contributed by atoms with Gasteiger partial charge in [0, 0.05) is 13.5 Å². The summed E-state index contributed by atoms with van der Waals surface area (Å²) in [7, 11) is 0. The van der Waals surface area contributed by atoms with E-state index in [1.807, 2.05) is 85.8 Å². The van der Waals surface area contributed by atoms with E-state index in [-0.39, 0.29) is 24.3 Å². The van der Waals surface area contributed by atoms with Crippen LogP contribution < -0.4 is 15.4 Å². The standard InChI is InChI=1S/C26H28N2O3/c1-19-8-14-23(15-9-19)25(28-20(2)29)16-26(30)27-17-21-10-12-22(13-11-21)18-31-24-6-4-3-5-7-24/h3-15,25H,16-18H2,1-2H3,(H,27,30)(H,28,29). The highest BCUT2D eigenvalue weighted by Crippen LogP contribution is 2.18. The number of hydrogen-bond donors (Lipinski definition) is 2. The molecule has 1 unspecified atom stereocenters. The number of para-hydroxylation sites is 1. The monoisotopic (exact) mass is 416 g/mol. The van der Waals surface area contributed by atoms with Crippen LogP contribution in [0.25, 0.3) is 0 Å². The number of nitrogens with one attached hydrogen (secondary N) is 2. The Morgan fingerprint density at radius 3 is 2.16 bits per heavy atom. The number of hydrogen-bond acceptors (Lipinski definition) is 3. The SMILES string of the molecule is CC(=O)NC(CC(=O)NCc1ccc(COc2ccccc2)cc1)c1ccc(C)cc1. The quantitative estimate of drug-likeness (QED) is 0.541. The van der Waals surface area contributed by atoms with Crippen molar-refractivity contribution in [1.82, 2.24) is 10.6 Å². The van der Waals surface area contributed by atoms with Gasteiger partial charge < -0.3 is 15.4 Å². The van der Waals surface area contributed by atoms with Gasteiger partial charge >= 0.3 is 0 Å². The first-order valence-electron chi connectivity index (χ1n) is 10.4. The van der Waals surface area contributed by atoms with Gasteiger partial charge in [-0.2, -0.15) is 0 Å². The van der Waals surface area contributed by atoms with Crippen molar-refractivity contribution in [2.24, 2.45) is 0 Å². The highest BCUT2D eigenvalue weighted by molar-refractivity contribution is 5.79. The van der Waals surface area contributed by atoms with Gasteiger partial charge in [-0.05, 0) is 35.7 Å². The van der Waals surface area contributed by atoms with Crippen LogP contribution in [0.3, 0.4) is 0 Å².